The number of carboxylic acid groups (broad SMARTS) is 1. The molecule has 5 aromatic rings. The fourth-order valence-corrected chi connectivity index (χ4v) is 4.13. The van der Waals surface area contributed by atoms with Gasteiger partial charge in [0.15, 0.2) is 11.6 Å². The number of halogens is 3. The molecule has 34 heavy (non-hydrogen) atoms. The molecule has 0 radical (unpaired) electrons. The lowest BCUT2D eigenvalue weighted by atomic mass is 10.0. The van der Waals surface area contributed by atoms with E-state index in [1.807, 2.05) is 0 Å². The Hall–Kier alpha value is -4.60. The van der Waals surface area contributed by atoms with Crippen LogP contribution < -0.4 is 11.1 Å². The van der Waals surface area contributed by atoms with E-state index in [4.69, 9.17) is 0 Å². The molecular formula is C24H14F3N3O4. The molecule has 0 saturated carbocycles. The third-order valence-electron chi connectivity index (χ3n) is 5.61. The molecule has 0 saturated heterocycles. The van der Waals surface area contributed by atoms with Crippen LogP contribution in [0.5, 0.6) is 0 Å². The van der Waals surface area contributed by atoms with Crippen molar-refractivity contribution in [3.8, 4) is 11.1 Å². The van der Waals surface area contributed by atoms with Crippen molar-refractivity contribution in [2.24, 2.45) is 0 Å². The number of pyridine rings is 2. The zero-order valence-corrected chi connectivity index (χ0v) is 17.2. The summed E-state index contributed by atoms with van der Waals surface area (Å²) in [6.07, 6.45) is 1.39. The molecule has 3 heterocycles. The Kier molecular flexibility index (Phi) is 4.85. The number of fused-ring (bicyclic) bond motifs is 2. The minimum absolute atomic E-state index is 0.0238. The summed E-state index contributed by atoms with van der Waals surface area (Å²) >= 11 is 0. The summed E-state index contributed by atoms with van der Waals surface area (Å²) in [7, 11) is 0. The lowest BCUT2D eigenvalue weighted by Gasteiger charge is -2.10. The number of nitrogens with one attached hydrogen (secondary N) is 2. The van der Waals surface area contributed by atoms with Crippen LogP contribution >= 0.6 is 0 Å². The van der Waals surface area contributed by atoms with Gasteiger partial charge in [-0.2, -0.15) is 0 Å². The van der Waals surface area contributed by atoms with Gasteiger partial charge >= 0.3 is 5.97 Å². The number of hydrogen-bond donors (Lipinski definition) is 3. The molecule has 5 rings (SSSR count). The van der Waals surface area contributed by atoms with Gasteiger partial charge in [-0.25, -0.2) is 18.0 Å². The number of carbonyl (C=O) groups is 1. The van der Waals surface area contributed by atoms with Gasteiger partial charge in [-0.05, 0) is 42.5 Å². The second-order valence-electron chi connectivity index (χ2n) is 7.67. The maximum atomic E-state index is 14.2. The van der Waals surface area contributed by atoms with Gasteiger partial charge in [0, 0.05) is 39.7 Å². The molecule has 0 bridgehead atoms. The van der Waals surface area contributed by atoms with Crippen LogP contribution in [0.1, 0.15) is 16.1 Å². The zero-order chi connectivity index (χ0) is 24.1. The normalized spacial score (nSPS) is 11.4. The Labute approximate surface area is 187 Å². The highest BCUT2D eigenvalue weighted by molar-refractivity contribution is 6.08. The number of rotatable bonds is 4. The maximum absolute atomic E-state index is 14.2. The second-order valence-corrected chi connectivity index (χ2v) is 7.67. The molecular weight excluding hydrogens is 451 g/mol. The van der Waals surface area contributed by atoms with Gasteiger partial charge in [-0.1, -0.05) is 0 Å². The summed E-state index contributed by atoms with van der Waals surface area (Å²) < 4.78 is 42.7. The van der Waals surface area contributed by atoms with Gasteiger partial charge in [0.05, 0.1) is 17.6 Å². The number of hydrogen-bond acceptors (Lipinski definition) is 3. The van der Waals surface area contributed by atoms with Crippen LogP contribution in [0.2, 0.25) is 0 Å². The van der Waals surface area contributed by atoms with Crippen LogP contribution in [0, 0.1) is 17.5 Å². The van der Waals surface area contributed by atoms with E-state index in [0.717, 1.165) is 24.3 Å². The molecule has 0 atom stereocenters. The van der Waals surface area contributed by atoms with Crippen LogP contribution in [0.3, 0.4) is 0 Å². The van der Waals surface area contributed by atoms with Gasteiger partial charge in [-0.15, -0.1) is 0 Å². The van der Waals surface area contributed by atoms with Crippen molar-refractivity contribution in [2.45, 2.75) is 6.54 Å². The Morgan fingerprint density at radius 3 is 2.47 bits per heavy atom. The molecule has 0 aliphatic rings. The smallest absolute Gasteiger partial charge is 0.353 e. The molecule has 2 aromatic carbocycles. The summed E-state index contributed by atoms with van der Waals surface area (Å²) in [5.74, 6) is -4.30. The first kappa shape index (κ1) is 21.3. The summed E-state index contributed by atoms with van der Waals surface area (Å²) in [5.41, 5.74) is -1.19. The van der Waals surface area contributed by atoms with Crippen molar-refractivity contribution in [3.05, 3.63) is 104 Å². The number of aromatic nitrogens is 3. The van der Waals surface area contributed by atoms with Crippen molar-refractivity contribution in [1.29, 1.82) is 0 Å². The van der Waals surface area contributed by atoms with Gasteiger partial charge in [0.25, 0.3) is 11.1 Å². The highest BCUT2D eigenvalue weighted by Crippen LogP contribution is 2.34. The SMILES string of the molecule is O=C(O)c1c(-c2ccc[nH]c2=O)c2ccc(F)cc2n1Cc1cc2cc(F)c(F)cc2[nH]c1=O. The van der Waals surface area contributed by atoms with Gasteiger partial charge in [0.1, 0.15) is 11.5 Å². The number of benzene rings is 2. The Bertz CT molecular complexity index is 1750. The first-order valence-corrected chi connectivity index (χ1v) is 9.98. The maximum Gasteiger partial charge on any atom is 0.353 e. The lowest BCUT2D eigenvalue weighted by Crippen LogP contribution is -2.19. The fraction of sp³-hybridized carbons (Fsp3) is 0.0417. The monoisotopic (exact) mass is 465 g/mol. The highest BCUT2D eigenvalue weighted by atomic mass is 19.2. The van der Waals surface area contributed by atoms with Crippen molar-refractivity contribution in [3.63, 3.8) is 0 Å². The van der Waals surface area contributed by atoms with Crippen molar-refractivity contribution < 1.29 is 23.1 Å². The Morgan fingerprint density at radius 1 is 0.971 bits per heavy atom. The summed E-state index contributed by atoms with van der Waals surface area (Å²) in [6, 6.07) is 9.63. The first-order valence-electron chi connectivity index (χ1n) is 9.98. The third kappa shape index (κ3) is 3.36. The average Bonchev–Trinajstić information content (AvgIpc) is 3.09. The second kappa shape index (κ2) is 7.77. The molecule has 0 unspecified atom stereocenters. The number of H-pyrrole nitrogens is 2. The Balaban J connectivity index is 1.81. The van der Waals surface area contributed by atoms with Gasteiger partial charge in [0.2, 0.25) is 0 Å². The molecule has 3 aromatic heterocycles. The topological polar surface area (TPSA) is 108 Å². The fourth-order valence-electron chi connectivity index (χ4n) is 4.13. The minimum Gasteiger partial charge on any atom is -0.477 e. The van der Waals surface area contributed by atoms with E-state index in [1.54, 1.807) is 0 Å². The van der Waals surface area contributed by atoms with E-state index in [0.29, 0.717) is 5.39 Å². The van der Waals surface area contributed by atoms with Crippen molar-refractivity contribution >= 4 is 27.8 Å². The van der Waals surface area contributed by atoms with Crippen LogP contribution in [-0.2, 0) is 6.54 Å². The predicted octanol–water partition coefficient (Wildman–Crippen LogP) is 4.00. The summed E-state index contributed by atoms with van der Waals surface area (Å²) in [5, 5.41) is 10.5. The van der Waals surface area contributed by atoms with E-state index in [-0.39, 0.29) is 45.3 Å². The van der Waals surface area contributed by atoms with Crippen LogP contribution in [0.15, 0.2) is 64.3 Å². The lowest BCUT2D eigenvalue weighted by molar-refractivity contribution is 0.0687. The van der Waals surface area contributed by atoms with Crippen LogP contribution in [0.4, 0.5) is 13.2 Å². The summed E-state index contributed by atoms with van der Waals surface area (Å²) in [6.45, 7) is -0.337. The quantitative estimate of drug-likeness (QED) is 0.373. The van der Waals surface area contributed by atoms with Crippen LogP contribution in [-0.4, -0.2) is 25.6 Å². The molecule has 7 nitrogen and oxygen atoms in total. The molecule has 0 aliphatic carbocycles. The molecule has 10 heteroatoms. The Morgan fingerprint density at radius 2 is 1.74 bits per heavy atom. The van der Waals surface area contributed by atoms with Crippen molar-refractivity contribution in [1.82, 2.24) is 14.5 Å². The van der Waals surface area contributed by atoms with E-state index in [2.05, 4.69) is 9.97 Å². The molecule has 170 valence electrons. The number of nitrogens with zero attached hydrogens (tertiary/aromatic N) is 1. The van der Waals surface area contributed by atoms with Gasteiger partial charge < -0.3 is 19.6 Å². The van der Waals surface area contributed by atoms with E-state index in [1.165, 1.54) is 35.0 Å². The molecule has 0 aliphatic heterocycles. The zero-order valence-electron chi connectivity index (χ0n) is 17.2. The molecule has 3 N–H and O–H groups in total. The summed E-state index contributed by atoms with van der Waals surface area (Å²) in [4.78, 5) is 42.5. The number of aromatic amines is 2. The first-order chi connectivity index (χ1) is 16.2. The van der Waals surface area contributed by atoms with Crippen molar-refractivity contribution in [2.75, 3.05) is 0 Å². The average molecular weight is 465 g/mol. The third-order valence-corrected chi connectivity index (χ3v) is 5.61. The number of carboxylic acids is 1. The highest BCUT2D eigenvalue weighted by Gasteiger charge is 2.26. The van der Waals surface area contributed by atoms with Crippen LogP contribution in [0.25, 0.3) is 32.9 Å². The molecule has 0 spiro atoms. The standard InChI is InChI=1S/C24H14F3N3O4/c25-13-3-4-14-19(8-13)30(21(24(33)34)20(14)15-2-1-5-28-23(15)32)10-12-6-11-7-16(26)17(27)9-18(11)29-22(12)31/h1-9H,10H2,(H,28,32)(H,29,31)(H,33,34). The van der Waals surface area contributed by atoms with E-state index < -0.39 is 34.5 Å². The largest absolute Gasteiger partial charge is 0.477 e. The number of aromatic carboxylic acids is 1. The van der Waals surface area contributed by atoms with E-state index in [9.17, 15) is 32.7 Å². The van der Waals surface area contributed by atoms with Gasteiger partial charge in [-0.3, -0.25) is 9.59 Å². The van der Waals surface area contributed by atoms with E-state index >= 15 is 0 Å². The minimum atomic E-state index is -1.40. The molecule has 0 fully saturated rings. The molecule has 0 amide bonds. The predicted molar refractivity (Wildman–Crippen MR) is 118 cm³/mol.